The molecule has 15 heteroatoms. The van der Waals surface area contributed by atoms with Crippen molar-refractivity contribution in [1.82, 2.24) is 35.5 Å². The normalized spacial score (nSPS) is 19.6. The molecule has 0 unspecified atom stereocenters. The molecule has 6 heterocycles. The highest BCUT2D eigenvalue weighted by Gasteiger charge is 2.47. The maximum Gasteiger partial charge on any atom is 0.254 e. The molecule has 3 aliphatic rings. The highest BCUT2D eigenvalue weighted by Crippen LogP contribution is 2.39. The fourth-order valence-electron chi connectivity index (χ4n) is 8.38. The number of anilines is 1. The average Bonchev–Trinajstić information content (AvgIpc) is 3.99. The van der Waals surface area contributed by atoms with Crippen molar-refractivity contribution in [2.75, 3.05) is 38.1 Å². The van der Waals surface area contributed by atoms with Crippen LogP contribution in [0.3, 0.4) is 0 Å². The fourth-order valence-corrected chi connectivity index (χ4v) is 9.19. The summed E-state index contributed by atoms with van der Waals surface area (Å²) in [7, 11) is 0. The molecular weight excluding hydrogens is 745 g/mol. The number of β-amino-alcohol motifs (C(OH)–C–C–N with tert-alkyl or cyclic N) is 1. The molecule has 2 saturated heterocycles. The van der Waals surface area contributed by atoms with E-state index in [0.717, 1.165) is 65.6 Å². The third-order valence-electron chi connectivity index (χ3n) is 11.3. The van der Waals surface area contributed by atoms with E-state index in [1.807, 2.05) is 75.7 Å². The zero-order valence-corrected chi connectivity index (χ0v) is 33.3. The zero-order chi connectivity index (χ0) is 39.8. The van der Waals surface area contributed by atoms with Crippen LogP contribution >= 0.6 is 11.3 Å². The van der Waals surface area contributed by atoms with Crippen molar-refractivity contribution >= 4 is 29.0 Å². The number of benzene rings is 2. The Morgan fingerprint density at radius 2 is 1.89 bits per heavy atom. The number of hydrogen-bond donors (Lipinski definition) is 4. The molecule has 3 aromatic heterocycles. The van der Waals surface area contributed by atoms with Gasteiger partial charge in [-0.15, -0.1) is 21.5 Å². The molecule has 298 valence electrons. The summed E-state index contributed by atoms with van der Waals surface area (Å²) < 4.78 is 11.6. The first-order valence-electron chi connectivity index (χ1n) is 19.5. The van der Waals surface area contributed by atoms with E-state index >= 15 is 0 Å². The van der Waals surface area contributed by atoms with Crippen molar-refractivity contribution in [2.24, 2.45) is 5.92 Å². The van der Waals surface area contributed by atoms with Gasteiger partial charge in [0, 0.05) is 56.2 Å². The van der Waals surface area contributed by atoms with Crippen LogP contribution in [0.4, 0.5) is 5.82 Å². The number of phenols is 1. The Morgan fingerprint density at radius 3 is 2.63 bits per heavy atom. The molecular formula is C42H48N8O6S. The number of nitrogens with zero attached hydrogens (tertiary/aromatic N) is 6. The minimum atomic E-state index is -0.822. The number of amides is 2. The Bertz CT molecular complexity index is 2230. The standard InChI is InChI=1S/C42H48N8O6S/c1-24(2)37(41(54)50-20-30(51)17-33(50)40(53)44-25(3)27-10-12-28(13-11-27)38-26(4)43-23-57-38)35-18-36(48-56-35)55-15-7-14-49-21-42(22-49)19-29-16-32(46-47-39(29)45-42)31-8-5-6-9-34(31)52/h5-6,8-13,16,18,23-25,30,33,37,51-52H,7,14-15,17,19-22H2,1-4H3,(H,44,53)(H,45,47)/t25-,30+,33-,37+/m0/s1. The third kappa shape index (κ3) is 7.96. The van der Waals surface area contributed by atoms with Gasteiger partial charge in [0.05, 0.1) is 46.1 Å². The smallest absolute Gasteiger partial charge is 0.254 e. The highest BCUT2D eigenvalue weighted by molar-refractivity contribution is 7.13. The lowest BCUT2D eigenvalue weighted by Crippen LogP contribution is -2.65. The second-order valence-corrected chi connectivity index (χ2v) is 16.8. The number of aliphatic hydroxyl groups is 1. The molecule has 0 aliphatic carbocycles. The Kier molecular flexibility index (Phi) is 10.7. The van der Waals surface area contributed by atoms with Crippen molar-refractivity contribution in [1.29, 1.82) is 0 Å². The topological polar surface area (TPSA) is 179 Å². The second-order valence-electron chi connectivity index (χ2n) is 15.9. The Morgan fingerprint density at radius 1 is 1.11 bits per heavy atom. The summed E-state index contributed by atoms with van der Waals surface area (Å²) in [6.07, 6.45) is 0.943. The van der Waals surface area contributed by atoms with Crippen LogP contribution in [0.1, 0.15) is 68.2 Å². The number of aliphatic hydroxyl groups excluding tert-OH is 1. The van der Waals surface area contributed by atoms with E-state index in [1.54, 1.807) is 29.5 Å². The van der Waals surface area contributed by atoms with Crippen LogP contribution < -0.4 is 15.4 Å². The van der Waals surface area contributed by atoms with Gasteiger partial charge in [0.1, 0.15) is 17.7 Å². The van der Waals surface area contributed by atoms with E-state index in [2.05, 4.69) is 35.9 Å². The molecule has 14 nitrogen and oxygen atoms in total. The number of rotatable bonds is 13. The number of phenolic OH excluding ortho intramolecular Hbond substituents is 1. The first-order valence-corrected chi connectivity index (χ1v) is 20.4. The number of carbonyl (C=O) groups excluding carboxylic acids is 2. The maximum atomic E-state index is 14.1. The van der Waals surface area contributed by atoms with Crippen molar-refractivity contribution < 1.29 is 29.1 Å². The lowest BCUT2D eigenvalue weighted by Gasteiger charge is -2.48. The molecule has 2 fully saturated rings. The van der Waals surface area contributed by atoms with Crippen LogP contribution in [0.15, 0.2) is 70.7 Å². The minimum absolute atomic E-state index is 0.0565. The lowest BCUT2D eigenvalue weighted by atomic mass is 9.86. The highest BCUT2D eigenvalue weighted by atomic mass is 32.1. The second kappa shape index (κ2) is 15.9. The van der Waals surface area contributed by atoms with Gasteiger partial charge in [-0.2, -0.15) is 0 Å². The predicted molar refractivity (Wildman–Crippen MR) is 215 cm³/mol. The first kappa shape index (κ1) is 38.5. The van der Waals surface area contributed by atoms with Gasteiger partial charge in [-0.3, -0.25) is 14.5 Å². The summed E-state index contributed by atoms with van der Waals surface area (Å²) in [5.74, 6) is 0.155. The van der Waals surface area contributed by atoms with E-state index in [1.165, 1.54) is 4.90 Å². The van der Waals surface area contributed by atoms with Gasteiger partial charge in [0.25, 0.3) is 5.88 Å². The summed E-state index contributed by atoms with van der Waals surface area (Å²) in [5.41, 5.74) is 7.16. The average molecular weight is 793 g/mol. The third-order valence-corrected chi connectivity index (χ3v) is 12.3. The number of carbonyl (C=O) groups is 2. The van der Waals surface area contributed by atoms with E-state index in [0.29, 0.717) is 29.5 Å². The molecule has 0 bridgehead atoms. The number of thiazole rings is 1. The number of aromatic nitrogens is 4. The number of hydrogen-bond acceptors (Lipinski definition) is 13. The van der Waals surface area contributed by atoms with Crippen LogP contribution in [0.5, 0.6) is 11.6 Å². The minimum Gasteiger partial charge on any atom is -0.507 e. The quantitative estimate of drug-likeness (QED) is 0.113. The van der Waals surface area contributed by atoms with Crippen LogP contribution in [-0.2, 0) is 16.0 Å². The molecule has 1 spiro atoms. The van der Waals surface area contributed by atoms with Gasteiger partial charge in [-0.05, 0) is 60.7 Å². The molecule has 3 aliphatic heterocycles. The van der Waals surface area contributed by atoms with Crippen LogP contribution in [0, 0.1) is 12.8 Å². The SMILES string of the molecule is Cc1ncsc1-c1ccc([C@H](C)NC(=O)[C@@H]2C[C@@H](O)CN2C(=O)[C@@H](c2cc(OCCCN3CC4(Cc5cc(-c6ccccc6O)nnc5N4)C3)no2)C(C)C)cc1. The lowest BCUT2D eigenvalue weighted by molar-refractivity contribution is -0.141. The van der Waals surface area contributed by atoms with E-state index in [4.69, 9.17) is 9.26 Å². The fraction of sp³-hybridized carbons (Fsp3) is 0.429. The van der Waals surface area contributed by atoms with Crippen LogP contribution in [0.25, 0.3) is 21.7 Å². The van der Waals surface area contributed by atoms with E-state index in [9.17, 15) is 19.8 Å². The van der Waals surface area contributed by atoms with Gasteiger partial charge < -0.3 is 35.0 Å². The molecule has 4 N–H and O–H groups in total. The van der Waals surface area contributed by atoms with Gasteiger partial charge >= 0.3 is 0 Å². The number of para-hydroxylation sites is 1. The molecule has 57 heavy (non-hydrogen) atoms. The molecule has 5 aromatic rings. The summed E-state index contributed by atoms with van der Waals surface area (Å²) in [4.78, 5) is 37.0. The number of aromatic hydroxyl groups is 1. The Labute approximate surface area is 335 Å². The largest absolute Gasteiger partial charge is 0.507 e. The van der Waals surface area contributed by atoms with Crippen LogP contribution in [-0.4, -0.2) is 103 Å². The summed E-state index contributed by atoms with van der Waals surface area (Å²) in [5, 5.41) is 40.4. The van der Waals surface area contributed by atoms with Crippen molar-refractivity contribution in [2.45, 2.75) is 76.6 Å². The van der Waals surface area contributed by atoms with Gasteiger partial charge in [-0.25, -0.2) is 4.98 Å². The Hall–Kier alpha value is -5.38. The van der Waals surface area contributed by atoms with Crippen molar-refractivity contribution in [3.05, 3.63) is 88.8 Å². The molecule has 0 radical (unpaired) electrons. The summed E-state index contributed by atoms with van der Waals surface area (Å²) >= 11 is 1.59. The zero-order valence-electron chi connectivity index (χ0n) is 32.5. The molecule has 8 rings (SSSR count). The van der Waals surface area contributed by atoms with Crippen molar-refractivity contribution in [3.63, 3.8) is 0 Å². The maximum absolute atomic E-state index is 14.1. The van der Waals surface area contributed by atoms with Crippen LogP contribution in [0.2, 0.25) is 0 Å². The predicted octanol–water partition coefficient (Wildman–Crippen LogP) is 5.34. The number of ether oxygens (including phenoxy) is 1. The molecule has 2 amide bonds. The molecule has 0 saturated carbocycles. The summed E-state index contributed by atoms with van der Waals surface area (Å²) in [6.45, 7) is 10.8. The van der Waals surface area contributed by atoms with Gasteiger partial charge in [0.2, 0.25) is 11.8 Å². The van der Waals surface area contributed by atoms with Gasteiger partial charge in [0.15, 0.2) is 11.6 Å². The summed E-state index contributed by atoms with van der Waals surface area (Å²) in [6, 6.07) is 17.7. The van der Waals surface area contributed by atoms with Crippen molar-refractivity contribution in [3.8, 4) is 33.3 Å². The Balaban J connectivity index is 0.817. The van der Waals surface area contributed by atoms with Gasteiger partial charge in [-0.1, -0.05) is 50.2 Å². The molecule has 4 atom stereocenters. The van der Waals surface area contributed by atoms with E-state index < -0.39 is 18.1 Å². The molecule has 2 aromatic carbocycles. The van der Waals surface area contributed by atoms with E-state index in [-0.39, 0.29) is 48.0 Å². The monoisotopic (exact) mass is 792 g/mol. The number of likely N-dealkylation sites (tertiary alicyclic amines) is 2. The number of aryl methyl sites for hydroxylation is 1. The number of fused-ring (bicyclic) bond motifs is 1. The first-order chi connectivity index (χ1) is 27.5. The number of nitrogens with one attached hydrogen (secondary N) is 2.